The van der Waals surface area contributed by atoms with Crippen LogP contribution in [0.1, 0.15) is 11.1 Å². The van der Waals surface area contributed by atoms with Crippen LogP contribution in [-0.2, 0) is 6.61 Å². The third-order valence-electron chi connectivity index (χ3n) is 2.99. The predicted molar refractivity (Wildman–Crippen MR) is 104 cm³/mol. The van der Waals surface area contributed by atoms with E-state index in [0.29, 0.717) is 18.3 Å². The molecule has 24 heavy (non-hydrogen) atoms. The van der Waals surface area contributed by atoms with Gasteiger partial charge in [-0.1, -0.05) is 29.8 Å². The van der Waals surface area contributed by atoms with E-state index >= 15 is 0 Å². The van der Waals surface area contributed by atoms with Gasteiger partial charge >= 0.3 is 0 Å². The Morgan fingerprint density at radius 3 is 2.54 bits per heavy atom. The number of nitrogens with zero attached hydrogens (tertiary/aromatic N) is 1. The molecule has 0 bridgehead atoms. The molecule has 6 heteroatoms. The highest BCUT2D eigenvalue weighted by molar-refractivity contribution is 7.80. The summed E-state index contributed by atoms with van der Waals surface area (Å²) >= 11 is 10.9. The van der Waals surface area contributed by atoms with E-state index in [0.717, 1.165) is 21.9 Å². The van der Waals surface area contributed by atoms with Gasteiger partial charge in [0.15, 0.2) is 5.11 Å². The number of thiocarbonyl (C=S) groups is 1. The van der Waals surface area contributed by atoms with Gasteiger partial charge in [0, 0.05) is 11.6 Å². The maximum Gasteiger partial charge on any atom is 0.187 e. The molecule has 0 aliphatic heterocycles. The van der Waals surface area contributed by atoms with Gasteiger partial charge in [-0.05, 0) is 59.7 Å². The normalized spacial score (nSPS) is 10.4. The molecule has 0 amide bonds. The maximum absolute atomic E-state index is 5.86. The standard InChI is InChI=1S/C18H18ClN3OS/c1-2-11-20-18(24)22-21-12-14-5-9-17(10-6-14)23-13-15-3-7-16(19)8-4-15/h2-10,12H,1,11,13H2,(H2,20,22,24)/b21-12+. The zero-order valence-electron chi connectivity index (χ0n) is 13.0. The fourth-order valence-corrected chi connectivity index (χ4v) is 2.03. The Morgan fingerprint density at radius 1 is 1.17 bits per heavy atom. The van der Waals surface area contributed by atoms with Crippen molar-refractivity contribution in [3.63, 3.8) is 0 Å². The molecule has 2 N–H and O–H groups in total. The van der Waals surface area contributed by atoms with Gasteiger partial charge in [0.25, 0.3) is 0 Å². The molecule has 0 radical (unpaired) electrons. The molecule has 0 saturated heterocycles. The SMILES string of the molecule is C=CCNC(=S)N/N=C/c1ccc(OCc2ccc(Cl)cc2)cc1. The van der Waals surface area contributed by atoms with E-state index in [1.165, 1.54) is 0 Å². The average molecular weight is 360 g/mol. The Morgan fingerprint density at radius 2 is 1.88 bits per heavy atom. The third-order valence-corrected chi connectivity index (χ3v) is 3.47. The number of rotatable bonds is 7. The summed E-state index contributed by atoms with van der Waals surface area (Å²) in [6.45, 7) is 4.69. The molecule has 0 aliphatic rings. The lowest BCUT2D eigenvalue weighted by Gasteiger charge is -2.07. The highest BCUT2D eigenvalue weighted by Gasteiger charge is 1.97. The van der Waals surface area contributed by atoms with Crippen molar-refractivity contribution in [2.75, 3.05) is 6.54 Å². The van der Waals surface area contributed by atoms with Gasteiger partial charge in [-0.25, -0.2) is 0 Å². The molecule has 0 heterocycles. The molecular weight excluding hydrogens is 342 g/mol. The van der Waals surface area contributed by atoms with Crippen molar-refractivity contribution in [1.82, 2.24) is 10.7 Å². The molecule has 0 spiro atoms. The Balaban J connectivity index is 1.80. The number of hydrogen-bond acceptors (Lipinski definition) is 3. The van der Waals surface area contributed by atoms with Crippen molar-refractivity contribution in [3.05, 3.63) is 77.3 Å². The molecule has 124 valence electrons. The third kappa shape index (κ3) is 6.40. The molecule has 0 atom stereocenters. The Hall–Kier alpha value is -2.37. The minimum Gasteiger partial charge on any atom is -0.489 e. The molecular formula is C18H18ClN3OS. The summed E-state index contributed by atoms with van der Waals surface area (Å²) in [5.74, 6) is 0.790. The van der Waals surface area contributed by atoms with Crippen molar-refractivity contribution in [2.24, 2.45) is 5.10 Å². The van der Waals surface area contributed by atoms with Crippen LogP contribution in [0, 0.1) is 0 Å². The lowest BCUT2D eigenvalue weighted by molar-refractivity contribution is 0.306. The van der Waals surface area contributed by atoms with Crippen LogP contribution in [0.2, 0.25) is 5.02 Å². The van der Waals surface area contributed by atoms with Crippen LogP contribution in [0.4, 0.5) is 0 Å². The molecule has 2 aromatic carbocycles. The number of nitrogens with one attached hydrogen (secondary N) is 2. The van der Waals surface area contributed by atoms with Crippen LogP contribution in [0.25, 0.3) is 0 Å². The van der Waals surface area contributed by atoms with Gasteiger partial charge < -0.3 is 10.1 Å². The highest BCUT2D eigenvalue weighted by Crippen LogP contribution is 2.15. The first kappa shape index (κ1) is 18.0. The lowest BCUT2D eigenvalue weighted by Crippen LogP contribution is -2.31. The topological polar surface area (TPSA) is 45.7 Å². The van der Waals surface area contributed by atoms with Gasteiger partial charge in [0.05, 0.1) is 6.21 Å². The van der Waals surface area contributed by atoms with Crippen molar-refractivity contribution < 1.29 is 4.74 Å². The van der Waals surface area contributed by atoms with Crippen molar-refractivity contribution in [3.8, 4) is 5.75 Å². The van der Waals surface area contributed by atoms with E-state index < -0.39 is 0 Å². The fourth-order valence-electron chi connectivity index (χ4n) is 1.77. The Bertz CT molecular complexity index is 699. The van der Waals surface area contributed by atoms with Crippen LogP contribution >= 0.6 is 23.8 Å². The second-order valence-corrected chi connectivity index (χ2v) is 5.70. The molecule has 4 nitrogen and oxygen atoms in total. The predicted octanol–water partition coefficient (Wildman–Crippen LogP) is 3.90. The second-order valence-electron chi connectivity index (χ2n) is 4.85. The van der Waals surface area contributed by atoms with E-state index in [1.807, 2.05) is 48.5 Å². The summed E-state index contributed by atoms with van der Waals surface area (Å²) in [6, 6.07) is 15.2. The number of hydrazone groups is 1. The molecule has 2 aromatic rings. The fraction of sp³-hybridized carbons (Fsp3) is 0.111. The molecule has 0 fully saturated rings. The van der Waals surface area contributed by atoms with E-state index in [-0.39, 0.29) is 0 Å². The van der Waals surface area contributed by atoms with Gasteiger partial charge in [-0.2, -0.15) is 5.10 Å². The van der Waals surface area contributed by atoms with Crippen LogP contribution in [0.5, 0.6) is 5.75 Å². The van der Waals surface area contributed by atoms with Gasteiger partial charge in [-0.15, -0.1) is 6.58 Å². The second kappa shape index (κ2) is 9.70. The van der Waals surface area contributed by atoms with Crippen molar-refractivity contribution in [2.45, 2.75) is 6.61 Å². The van der Waals surface area contributed by atoms with Gasteiger partial charge in [0.1, 0.15) is 12.4 Å². The van der Waals surface area contributed by atoms with E-state index in [4.69, 9.17) is 28.6 Å². The number of hydrogen-bond donors (Lipinski definition) is 2. The summed E-state index contributed by atoms with van der Waals surface area (Å²) < 4.78 is 5.73. The van der Waals surface area contributed by atoms with E-state index in [1.54, 1.807) is 12.3 Å². The Kier molecular flexibility index (Phi) is 7.26. The van der Waals surface area contributed by atoms with Crippen molar-refractivity contribution >= 4 is 35.1 Å². The number of ether oxygens (including phenoxy) is 1. The molecule has 0 unspecified atom stereocenters. The largest absolute Gasteiger partial charge is 0.489 e. The van der Waals surface area contributed by atoms with Crippen molar-refractivity contribution in [1.29, 1.82) is 0 Å². The quantitative estimate of drug-likeness (QED) is 0.340. The van der Waals surface area contributed by atoms with E-state index in [2.05, 4.69) is 22.4 Å². The van der Waals surface area contributed by atoms with Crippen LogP contribution < -0.4 is 15.5 Å². The first-order chi connectivity index (χ1) is 11.7. The average Bonchev–Trinajstić information content (AvgIpc) is 2.60. The van der Waals surface area contributed by atoms with Crippen LogP contribution in [-0.4, -0.2) is 17.9 Å². The van der Waals surface area contributed by atoms with Crippen LogP contribution in [0.15, 0.2) is 66.3 Å². The van der Waals surface area contributed by atoms with Crippen LogP contribution in [0.3, 0.4) is 0 Å². The first-order valence-corrected chi connectivity index (χ1v) is 8.11. The van der Waals surface area contributed by atoms with E-state index in [9.17, 15) is 0 Å². The molecule has 0 aliphatic carbocycles. The summed E-state index contributed by atoms with van der Waals surface area (Å²) in [5, 5.41) is 8.15. The summed E-state index contributed by atoms with van der Waals surface area (Å²) in [4.78, 5) is 0. The smallest absolute Gasteiger partial charge is 0.187 e. The highest BCUT2D eigenvalue weighted by atomic mass is 35.5. The summed E-state index contributed by atoms with van der Waals surface area (Å²) in [6.07, 6.45) is 3.41. The minimum atomic E-state index is 0.453. The lowest BCUT2D eigenvalue weighted by atomic mass is 10.2. The monoisotopic (exact) mass is 359 g/mol. The number of halogens is 1. The molecule has 0 saturated carbocycles. The Labute approximate surface area is 152 Å². The molecule has 0 aromatic heterocycles. The maximum atomic E-state index is 5.86. The first-order valence-electron chi connectivity index (χ1n) is 7.32. The molecule has 2 rings (SSSR count). The minimum absolute atomic E-state index is 0.453. The zero-order valence-corrected chi connectivity index (χ0v) is 14.6. The summed E-state index contributed by atoms with van der Waals surface area (Å²) in [7, 11) is 0. The van der Waals surface area contributed by atoms with Gasteiger partial charge in [0.2, 0.25) is 0 Å². The number of benzene rings is 2. The summed E-state index contributed by atoms with van der Waals surface area (Å²) in [5.41, 5.74) is 4.73. The van der Waals surface area contributed by atoms with Gasteiger partial charge in [-0.3, -0.25) is 5.43 Å². The zero-order chi connectivity index (χ0) is 17.2.